The fourth-order valence-corrected chi connectivity index (χ4v) is 4.29. The summed E-state index contributed by atoms with van der Waals surface area (Å²) in [6.45, 7) is 2.08. The maximum Gasteiger partial charge on any atom is 0.304 e. The monoisotopic (exact) mass is 379 g/mol. The second kappa shape index (κ2) is 10.8. The molecule has 0 amide bonds. The number of hydrogen-bond acceptors (Lipinski definition) is 6. The number of aromatic nitrogens is 2. The molecule has 2 aliphatic rings. The molecule has 7 nitrogen and oxygen atoms in total. The first-order valence-corrected chi connectivity index (χ1v) is 10.6. The molecule has 0 bridgehead atoms. The number of nitrogens with zero attached hydrogens (tertiary/aromatic N) is 2. The largest absolute Gasteiger partial charge is 0.481 e. The van der Waals surface area contributed by atoms with E-state index in [4.69, 9.17) is 9.26 Å². The van der Waals surface area contributed by atoms with Gasteiger partial charge in [0, 0.05) is 18.6 Å². The van der Waals surface area contributed by atoms with Crippen LogP contribution in [0.5, 0.6) is 0 Å². The van der Waals surface area contributed by atoms with E-state index in [0.717, 1.165) is 38.2 Å². The second-order valence-electron chi connectivity index (χ2n) is 8.07. The zero-order valence-corrected chi connectivity index (χ0v) is 16.2. The predicted octanol–water partition coefficient (Wildman–Crippen LogP) is 3.65. The fraction of sp³-hybridized carbons (Fsp3) is 0.850. The lowest BCUT2D eigenvalue weighted by molar-refractivity contribution is -0.137. The molecule has 7 heteroatoms. The molecule has 3 rings (SSSR count). The van der Waals surface area contributed by atoms with Crippen molar-refractivity contribution < 1.29 is 19.2 Å². The topological polar surface area (TPSA) is 97.5 Å². The molecule has 1 saturated heterocycles. The van der Waals surface area contributed by atoms with Gasteiger partial charge in [0.05, 0.1) is 19.6 Å². The van der Waals surface area contributed by atoms with Crippen molar-refractivity contribution in [1.82, 2.24) is 15.5 Å². The Balaban J connectivity index is 1.47. The number of nitrogens with one attached hydrogen (secondary N) is 1. The van der Waals surface area contributed by atoms with Gasteiger partial charge in [-0.3, -0.25) is 4.79 Å². The predicted molar refractivity (Wildman–Crippen MR) is 100 cm³/mol. The average Bonchev–Trinajstić information content (AvgIpc) is 3.16. The minimum absolute atomic E-state index is 0.0518. The molecule has 2 heterocycles. The smallest absolute Gasteiger partial charge is 0.304 e. The maximum absolute atomic E-state index is 11.3. The van der Waals surface area contributed by atoms with Crippen molar-refractivity contribution >= 4 is 5.97 Å². The highest BCUT2D eigenvalue weighted by molar-refractivity contribution is 5.67. The van der Waals surface area contributed by atoms with E-state index in [1.165, 1.54) is 38.5 Å². The van der Waals surface area contributed by atoms with E-state index in [-0.39, 0.29) is 12.3 Å². The van der Waals surface area contributed by atoms with E-state index in [1.807, 2.05) is 0 Å². The number of rotatable bonds is 10. The normalized spacial score (nSPS) is 22.6. The Labute approximate surface area is 161 Å². The van der Waals surface area contributed by atoms with Crippen LogP contribution in [0.3, 0.4) is 0 Å². The zero-order valence-electron chi connectivity index (χ0n) is 16.2. The van der Waals surface area contributed by atoms with E-state index < -0.39 is 5.97 Å². The molecular weight excluding hydrogens is 346 g/mol. The zero-order chi connectivity index (χ0) is 18.9. The Kier molecular flexibility index (Phi) is 8.08. The van der Waals surface area contributed by atoms with Crippen LogP contribution in [-0.2, 0) is 16.1 Å². The Morgan fingerprint density at radius 1 is 1.22 bits per heavy atom. The number of aliphatic carboxylic acids is 1. The Morgan fingerprint density at radius 3 is 2.81 bits per heavy atom. The molecule has 1 aliphatic heterocycles. The summed E-state index contributed by atoms with van der Waals surface area (Å²) in [5, 5.41) is 16.7. The number of hydrogen-bond donors (Lipinski definition) is 2. The van der Waals surface area contributed by atoms with Gasteiger partial charge in [-0.25, -0.2) is 0 Å². The van der Waals surface area contributed by atoms with Gasteiger partial charge < -0.3 is 19.7 Å². The third kappa shape index (κ3) is 6.88. The number of carboxylic acid groups (broad SMARTS) is 1. The molecule has 1 aliphatic carbocycles. The lowest BCUT2D eigenvalue weighted by atomic mass is 9.84. The minimum Gasteiger partial charge on any atom is -0.481 e. The summed E-state index contributed by atoms with van der Waals surface area (Å²) >= 11 is 0. The van der Waals surface area contributed by atoms with Crippen LogP contribution >= 0.6 is 0 Å². The summed E-state index contributed by atoms with van der Waals surface area (Å²) in [6.07, 6.45) is 11.9. The van der Waals surface area contributed by atoms with Crippen LogP contribution in [0.1, 0.15) is 88.3 Å². The van der Waals surface area contributed by atoms with Crippen LogP contribution in [0.25, 0.3) is 0 Å². The highest BCUT2D eigenvalue weighted by Crippen LogP contribution is 2.31. The molecule has 152 valence electrons. The molecule has 1 aromatic rings. The van der Waals surface area contributed by atoms with Crippen molar-refractivity contribution in [3.05, 3.63) is 11.7 Å². The van der Waals surface area contributed by atoms with E-state index in [1.54, 1.807) is 0 Å². The SMILES string of the molecule is O=C(O)CC(CCCC1CCCCC1)c1nc(CNC2CCCOC2)no1. The first-order chi connectivity index (χ1) is 13.2. The third-order valence-electron chi connectivity index (χ3n) is 5.85. The van der Waals surface area contributed by atoms with Gasteiger partial charge >= 0.3 is 5.97 Å². The van der Waals surface area contributed by atoms with Crippen molar-refractivity contribution in [2.24, 2.45) is 5.92 Å². The van der Waals surface area contributed by atoms with Crippen LogP contribution in [0, 0.1) is 5.92 Å². The molecule has 0 radical (unpaired) electrons. The summed E-state index contributed by atoms with van der Waals surface area (Å²) in [5.41, 5.74) is 0. The van der Waals surface area contributed by atoms with Crippen molar-refractivity contribution in [2.75, 3.05) is 13.2 Å². The van der Waals surface area contributed by atoms with E-state index in [2.05, 4.69) is 15.5 Å². The summed E-state index contributed by atoms with van der Waals surface area (Å²) in [6, 6.07) is 0.325. The van der Waals surface area contributed by atoms with Crippen LogP contribution < -0.4 is 5.32 Å². The first kappa shape index (κ1) is 20.3. The Hall–Kier alpha value is -1.47. The average molecular weight is 380 g/mol. The molecule has 2 atom stereocenters. The third-order valence-corrected chi connectivity index (χ3v) is 5.85. The second-order valence-corrected chi connectivity index (χ2v) is 8.07. The Bertz CT molecular complexity index is 565. The molecule has 2 unspecified atom stereocenters. The van der Waals surface area contributed by atoms with Crippen LogP contribution in [0.2, 0.25) is 0 Å². The van der Waals surface area contributed by atoms with Crippen molar-refractivity contribution in [3.63, 3.8) is 0 Å². The van der Waals surface area contributed by atoms with Gasteiger partial charge in [-0.15, -0.1) is 0 Å². The fourth-order valence-electron chi connectivity index (χ4n) is 4.29. The summed E-state index contributed by atoms with van der Waals surface area (Å²) in [7, 11) is 0. The number of carbonyl (C=O) groups is 1. The maximum atomic E-state index is 11.3. The van der Waals surface area contributed by atoms with Crippen LogP contribution in [-0.4, -0.2) is 40.5 Å². The van der Waals surface area contributed by atoms with Crippen molar-refractivity contribution in [3.8, 4) is 0 Å². The summed E-state index contributed by atoms with van der Waals surface area (Å²) in [5.74, 6) is 0.876. The molecule has 1 aromatic heterocycles. The molecule has 2 N–H and O–H groups in total. The van der Waals surface area contributed by atoms with Gasteiger partial charge in [-0.05, 0) is 25.2 Å². The first-order valence-electron chi connectivity index (χ1n) is 10.6. The van der Waals surface area contributed by atoms with E-state index >= 15 is 0 Å². The highest BCUT2D eigenvalue weighted by atomic mass is 16.5. The number of ether oxygens (including phenoxy) is 1. The molecule has 1 saturated carbocycles. The number of carboxylic acids is 1. The van der Waals surface area contributed by atoms with Gasteiger partial charge in [0.2, 0.25) is 5.89 Å². The van der Waals surface area contributed by atoms with Gasteiger partial charge in [-0.2, -0.15) is 4.98 Å². The van der Waals surface area contributed by atoms with Crippen LogP contribution in [0.15, 0.2) is 4.52 Å². The van der Waals surface area contributed by atoms with Gasteiger partial charge in [0.1, 0.15) is 0 Å². The van der Waals surface area contributed by atoms with Crippen LogP contribution in [0.4, 0.5) is 0 Å². The molecule has 0 aromatic carbocycles. The highest BCUT2D eigenvalue weighted by Gasteiger charge is 2.23. The lowest BCUT2D eigenvalue weighted by Crippen LogP contribution is -2.36. The van der Waals surface area contributed by atoms with E-state index in [9.17, 15) is 9.90 Å². The van der Waals surface area contributed by atoms with Crippen molar-refractivity contribution in [2.45, 2.75) is 89.1 Å². The van der Waals surface area contributed by atoms with E-state index in [0.29, 0.717) is 30.9 Å². The summed E-state index contributed by atoms with van der Waals surface area (Å²) < 4.78 is 10.9. The molecule has 0 spiro atoms. The van der Waals surface area contributed by atoms with Gasteiger partial charge in [-0.1, -0.05) is 50.1 Å². The standard InChI is InChI=1S/C20H33N3O4/c24-19(25)12-16(9-4-8-15-6-2-1-3-7-15)20-22-18(23-27-20)13-21-17-10-5-11-26-14-17/h15-17,21H,1-14H2,(H,24,25). The van der Waals surface area contributed by atoms with Gasteiger partial charge in [0.25, 0.3) is 0 Å². The minimum atomic E-state index is -0.810. The quantitative estimate of drug-likeness (QED) is 0.640. The molecular formula is C20H33N3O4. The molecule has 2 fully saturated rings. The lowest BCUT2D eigenvalue weighted by Gasteiger charge is -2.22. The summed E-state index contributed by atoms with van der Waals surface area (Å²) in [4.78, 5) is 15.7. The Morgan fingerprint density at radius 2 is 2.07 bits per heavy atom. The molecule has 27 heavy (non-hydrogen) atoms. The van der Waals surface area contributed by atoms with Crippen molar-refractivity contribution in [1.29, 1.82) is 0 Å². The van der Waals surface area contributed by atoms with Gasteiger partial charge in [0.15, 0.2) is 5.82 Å².